The van der Waals surface area contributed by atoms with Crippen molar-refractivity contribution >= 4 is 17.6 Å². The van der Waals surface area contributed by atoms with E-state index in [2.05, 4.69) is 10.6 Å². The molecule has 1 aromatic rings. The summed E-state index contributed by atoms with van der Waals surface area (Å²) in [5, 5.41) is 13.5. The lowest BCUT2D eigenvalue weighted by Crippen LogP contribution is -2.44. The van der Waals surface area contributed by atoms with Gasteiger partial charge in [0.15, 0.2) is 0 Å². The molecule has 0 aromatic heterocycles. The summed E-state index contributed by atoms with van der Waals surface area (Å²) < 4.78 is 0. The Morgan fingerprint density at radius 3 is 2.41 bits per heavy atom. The van der Waals surface area contributed by atoms with Gasteiger partial charge in [-0.05, 0) is 31.2 Å². The quantitative estimate of drug-likeness (QED) is 0.708. The molecule has 0 saturated heterocycles. The molecule has 0 radical (unpaired) electrons. The zero-order valence-corrected chi connectivity index (χ0v) is 9.23. The van der Waals surface area contributed by atoms with Gasteiger partial charge in [-0.1, -0.05) is 0 Å². The van der Waals surface area contributed by atoms with Crippen LogP contribution >= 0.6 is 0 Å². The molecular weight excluding hydrogens is 220 g/mol. The molecule has 0 aliphatic carbocycles. The van der Waals surface area contributed by atoms with Crippen LogP contribution in [0.5, 0.6) is 0 Å². The minimum atomic E-state index is -0.742. The molecule has 4 N–H and O–H groups in total. The number of nitrogens with one attached hydrogen (secondary N) is 2. The Bertz CT molecular complexity index is 461. The number of rotatable bonds is 3. The van der Waals surface area contributed by atoms with Gasteiger partial charge in [0.2, 0.25) is 5.91 Å². The Labute approximate surface area is 98.4 Å². The maximum atomic E-state index is 11.4. The predicted molar refractivity (Wildman–Crippen MR) is 62.0 cm³/mol. The van der Waals surface area contributed by atoms with Crippen LogP contribution in [-0.4, -0.2) is 18.0 Å². The largest absolute Gasteiger partial charge is 0.368 e. The number of carbonyl (C=O) groups is 2. The summed E-state index contributed by atoms with van der Waals surface area (Å²) in [4.78, 5) is 22.1. The van der Waals surface area contributed by atoms with Crippen LogP contribution in [0.15, 0.2) is 24.3 Å². The summed E-state index contributed by atoms with van der Waals surface area (Å²) in [6, 6.07) is 7.03. The van der Waals surface area contributed by atoms with Crippen molar-refractivity contribution in [2.75, 3.05) is 5.32 Å². The molecule has 0 fully saturated rings. The van der Waals surface area contributed by atoms with Gasteiger partial charge in [-0.3, -0.25) is 4.79 Å². The molecule has 0 aliphatic heterocycles. The second-order valence-electron chi connectivity index (χ2n) is 3.41. The van der Waals surface area contributed by atoms with Gasteiger partial charge < -0.3 is 16.4 Å². The van der Waals surface area contributed by atoms with Gasteiger partial charge in [0.25, 0.3) is 0 Å². The van der Waals surface area contributed by atoms with Crippen LogP contribution in [0.2, 0.25) is 0 Å². The summed E-state index contributed by atoms with van der Waals surface area (Å²) >= 11 is 0. The minimum absolute atomic E-state index is 0.501. The summed E-state index contributed by atoms with van der Waals surface area (Å²) in [6.07, 6.45) is 0. The molecule has 0 aliphatic rings. The number of primary amides is 1. The fraction of sp³-hybridized carbons (Fsp3) is 0.182. The van der Waals surface area contributed by atoms with E-state index in [4.69, 9.17) is 11.0 Å². The molecule has 1 aromatic carbocycles. The average molecular weight is 232 g/mol. The topological polar surface area (TPSA) is 108 Å². The highest BCUT2D eigenvalue weighted by Crippen LogP contribution is 2.08. The van der Waals surface area contributed by atoms with Crippen LogP contribution in [0.1, 0.15) is 12.5 Å². The highest BCUT2D eigenvalue weighted by Gasteiger charge is 2.11. The van der Waals surface area contributed by atoms with Gasteiger partial charge in [-0.15, -0.1) is 0 Å². The molecule has 0 bridgehead atoms. The first kappa shape index (κ1) is 12.5. The zero-order valence-electron chi connectivity index (χ0n) is 9.23. The van der Waals surface area contributed by atoms with E-state index in [0.29, 0.717) is 11.3 Å². The number of carbonyl (C=O) groups excluding carboxylic acids is 2. The third-order valence-electron chi connectivity index (χ3n) is 2.05. The molecule has 0 spiro atoms. The smallest absolute Gasteiger partial charge is 0.319 e. The van der Waals surface area contributed by atoms with E-state index in [0.717, 1.165) is 0 Å². The number of nitrogens with zero attached hydrogens (tertiary/aromatic N) is 1. The van der Waals surface area contributed by atoms with E-state index in [9.17, 15) is 9.59 Å². The van der Waals surface area contributed by atoms with Crippen molar-refractivity contribution in [2.24, 2.45) is 5.73 Å². The summed E-state index contributed by atoms with van der Waals surface area (Å²) in [5.74, 6) is -0.611. The highest BCUT2D eigenvalue weighted by atomic mass is 16.2. The first-order valence-corrected chi connectivity index (χ1v) is 4.90. The maximum Gasteiger partial charge on any atom is 0.319 e. The fourth-order valence-electron chi connectivity index (χ4n) is 1.06. The molecule has 1 atom stereocenters. The third-order valence-corrected chi connectivity index (χ3v) is 2.05. The summed E-state index contributed by atoms with van der Waals surface area (Å²) in [6.45, 7) is 1.49. The normalized spacial score (nSPS) is 11.1. The highest BCUT2D eigenvalue weighted by molar-refractivity contribution is 5.93. The van der Waals surface area contributed by atoms with Gasteiger partial charge in [-0.25, -0.2) is 4.79 Å². The Morgan fingerprint density at radius 2 is 1.94 bits per heavy atom. The van der Waals surface area contributed by atoms with Crippen LogP contribution in [0, 0.1) is 11.3 Å². The molecule has 17 heavy (non-hydrogen) atoms. The maximum absolute atomic E-state index is 11.4. The molecule has 0 unspecified atom stereocenters. The molecule has 0 saturated carbocycles. The van der Waals surface area contributed by atoms with Crippen LogP contribution in [0.3, 0.4) is 0 Å². The number of hydrogen-bond acceptors (Lipinski definition) is 3. The van der Waals surface area contributed by atoms with Gasteiger partial charge >= 0.3 is 6.03 Å². The zero-order chi connectivity index (χ0) is 12.8. The van der Waals surface area contributed by atoms with Gasteiger partial charge in [0, 0.05) is 5.69 Å². The summed E-state index contributed by atoms with van der Waals surface area (Å²) in [5.41, 5.74) is 6.03. The van der Waals surface area contributed by atoms with Crippen molar-refractivity contribution in [3.63, 3.8) is 0 Å². The second kappa shape index (κ2) is 5.51. The van der Waals surface area contributed by atoms with Crippen molar-refractivity contribution in [2.45, 2.75) is 13.0 Å². The fourth-order valence-corrected chi connectivity index (χ4v) is 1.06. The minimum Gasteiger partial charge on any atom is -0.368 e. The van der Waals surface area contributed by atoms with E-state index in [1.54, 1.807) is 24.3 Å². The molecular formula is C11H12N4O2. The van der Waals surface area contributed by atoms with E-state index in [1.807, 2.05) is 6.07 Å². The lowest BCUT2D eigenvalue weighted by atomic mass is 10.2. The number of urea groups is 1. The molecule has 3 amide bonds. The van der Waals surface area contributed by atoms with Crippen LogP contribution in [-0.2, 0) is 4.79 Å². The predicted octanol–water partition coefficient (Wildman–Crippen LogP) is 0.554. The molecule has 6 nitrogen and oxygen atoms in total. The van der Waals surface area contributed by atoms with Gasteiger partial charge in [0.05, 0.1) is 11.6 Å². The van der Waals surface area contributed by atoms with Crippen molar-refractivity contribution in [3.8, 4) is 6.07 Å². The van der Waals surface area contributed by atoms with E-state index < -0.39 is 18.0 Å². The number of amides is 3. The first-order chi connectivity index (χ1) is 8.02. The monoisotopic (exact) mass is 232 g/mol. The Hall–Kier alpha value is -2.55. The standard InChI is InChI=1S/C11H12N4O2/c1-7(10(13)16)14-11(17)15-9-4-2-8(6-12)3-5-9/h2-5,7H,1H3,(H2,13,16)(H2,14,15,17)/t7-/m1/s1. The van der Waals surface area contributed by atoms with E-state index in [1.165, 1.54) is 6.92 Å². The number of nitriles is 1. The van der Waals surface area contributed by atoms with Crippen LogP contribution < -0.4 is 16.4 Å². The molecule has 1 rings (SSSR count). The molecule has 88 valence electrons. The molecule has 0 heterocycles. The lowest BCUT2D eigenvalue weighted by Gasteiger charge is -2.11. The van der Waals surface area contributed by atoms with Crippen LogP contribution in [0.25, 0.3) is 0 Å². The van der Waals surface area contributed by atoms with Gasteiger partial charge in [0.1, 0.15) is 6.04 Å². The van der Waals surface area contributed by atoms with Crippen molar-refractivity contribution in [1.29, 1.82) is 5.26 Å². The van der Waals surface area contributed by atoms with E-state index >= 15 is 0 Å². The van der Waals surface area contributed by atoms with Crippen molar-refractivity contribution in [1.82, 2.24) is 5.32 Å². The van der Waals surface area contributed by atoms with Crippen LogP contribution in [0.4, 0.5) is 10.5 Å². The van der Waals surface area contributed by atoms with E-state index in [-0.39, 0.29) is 0 Å². The third kappa shape index (κ3) is 3.83. The summed E-state index contributed by atoms with van der Waals surface area (Å²) in [7, 11) is 0. The SMILES string of the molecule is C[C@@H](NC(=O)Nc1ccc(C#N)cc1)C(N)=O. The number of benzene rings is 1. The second-order valence-corrected chi connectivity index (χ2v) is 3.41. The Kier molecular flexibility index (Phi) is 4.06. The lowest BCUT2D eigenvalue weighted by molar-refractivity contribution is -0.119. The van der Waals surface area contributed by atoms with Crippen molar-refractivity contribution in [3.05, 3.63) is 29.8 Å². The molecule has 6 heteroatoms. The Morgan fingerprint density at radius 1 is 1.35 bits per heavy atom. The van der Waals surface area contributed by atoms with Gasteiger partial charge in [-0.2, -0.15) is 5.26 Å². The van der Waals surface area contributed by atoms with Crippen molar-refractivity contribution < 1.29 is 9.59 Å². The number of anilines is 1. The number of nitrogens with two attached hydrogens (primary N) is 1. The Balaban J connectivity index is 2.56. The number of hydrogen-bond donors (Lipinski definition) is 3. The average Bonchev–Trinajstić information content (AvgIpc) is 2.29. The first-order valence-electron chi connectivity index (χ1n) is 4.90.